The van der Waals surface area contributed by atoms with E-state index in [9.17, 15) is 0 Å². The first-order chi connectivity index (χ1) is 8.16. The maximum Gasteiger partial charge on any atom is 0.169 e. The number of halogens is 1. The highest BCUT2D eigenvalue weighted by Gasteiger charge is 2.31. The van der Waals surface area contributed by atoms with Crippen LogP contribution in [0.5, 0.6) is 0 Å². The second-order valence-electron chi connectivity index (χ2n) is 4.48. The Hall–Kier alpha value is -1.36. The summed E-state index contributed by atoms with van der Waals surface area (Å²) in [5, 5.41) is 8.13. The number of nitrogens with zero attached hydrogens (tertiary/aromatic N) is 3. The van der Waals surface area contributed by atoms with E-state index in [2.05, 4.69) is 39.2 Å². The Kier molecular flexibility index (Phi) is 2.43. The molecule has 0 amide bonds. The lowest BCUT2D eigenvalue weighted by Crippen LogP contribution is -2.03. The van der Waals surface area contributed by atoms with Crippen LogP contribution in [-0.2, 0) is 0 Å². The highest BCUT2D eigenvalue weighted by atomic mass is 79.9. The zero-order chi connectivity index (χ0) is 12.0. The van der Waals surface area contributed by atoms with Crippen molar-refractivity contribution in [2.24, 2.45) is 0 Å². The van der Waals surface area contributed by atoms with Gasteiger partial charge in [-0.05, 0) is 43.5 Å². The van der Waals surface area contributed by atoms with Crippen LogP contribution in [0.25, 0.3) is 5.69 Å². The van der Waals surface area contributed by atoms with Crippen LogP contribution in [0.15, 0.2) is 22.7 Å². The normalized spacial score (nSPS) is 15.2. The van der Waals surface area contributed by atoms with Crippen LogP contribution in [0.3, 0.4) is 0 Å². The maximum atomic E-state index is 5.88. The molecule has 1 saturated carbocycles. The topological polar surface area (TPSA) is 56.7 Å². The van der Waals surface area contributed by atoms with Crippen molar-refractivity contribution in [3.63, 3.8) is 0 Å². The zero-order valence-electron chi connectivity index (χ0n) is 9.52. The summed E-state index contributed by atoms with van der Waals surface area (Å²) >= 11 is 3.50. The van der Waals surface area contributed by atoms with E-state index in [-0.39, 0.29) is 0 Å². The molecule has 3 rings (SSSR count). The van der Waals surface area contributed by atoms with E-state index < -0.39 is 0 Å². The highest BCUT2D eigenvalue weighted by Crippen LogP contribution is 2.42. The number of rotatable bonds is 2. The average Bonchev–Trinajstić information content (AvgIpc) is 3.06. The van der Waals surface area contributed by atoms with Crippen molar-refractivity contribution in [3.05, 3.63) is 33.9 Å². The van der Waals surface area contributed by atoms with Crippen LogP contribution in [0.2, 0.25) is 0 Å². The molecule has 0 atom stereocenters. The van der Waals surface area contributed by atoms with E-state index in [0.29, 0.717) is 11.7 Å². The Morgan fingerprint density at radius 2 is 2.18 bits per heavy atom. The molecule has 1 aromatic carbocycles. The van der Waals surface area contributed by atoms with Crippen LogP contribution < -0.4 is 5.73 Å². The number of aryl methyl sites for hydroxylation is 1. The van der Waals surface area contributed by atoms with Crippen molar-refractivity contribution in [2.75, 3.05) is 5.73 Å². The SMILES string of the molecule is Cc1cc(-n2nnc(N)c2C2CC2)ccc1Br. The Morgan fingerprint density at radius 3 is 2.82 bits per heavy atom. The van der Waals surface area contributed by atoms with E-state index >= 15 is 0 Å². The van der Waals surface area contributed by atoms with Gasteiger partial charge in [0.05, 0.1) is 11.4 Å². The summed E-state index contributed by atoms with van der Waals surface area (Å²) in [5.74, 6) is 1.10. The van der Waals surface area contributed by atoms with E-state index in [4.69, 9.17) is 5.73 Å². The van der Waals surface area contributed by atoms with Gasteiger partial charge in [-0.2, -0.15) is 0 Å². The molecule has 0 spiro atoms. The standard InChI is InChI=1S/C12H13BrN4/c1-7-6-9(4-5-10(7)13)17-11(8-2-3-8)12(14)15-16-17/h4-6,8H,2-3,14H2,1H3. The van der Waals surface area contributed by atoms with E-state index in [0.717, 1.165) is 15.9 Å². The fraction of sp³-hybridized carbons (Fsp3) is 0.333. The molecule has 88 valence electrons. The maximum absolute atomic E-state index is 5.88. The molecule has 0 radical (unpaired) electrons. The van der Waals surface area contributed by atoms with Gasteiger partial charge in [-0.1, -0.05) is 21.1 Å². The molecular weight excluding hydrogens is 280 g/mol. The fourth-order valence-corrected chi connectivity index (χ4v) is 2.24. The molecular formula is C12H13BrN4. The molecule has 0 unspecified atom stereocenters. The predicted molar refractivity (Wildman–Crippen MR) is 70.2 cm³/mol. The van der Waals surface area contributed by atoms with Crippen molar-refractivity contribution >= 4 is 21.7 Å². The molecule has 17 heavy (non-hydrogen) atoms. The van der Waals surface area contributed by atoms with Gasteiger partial charge < -0.3 is 5.73 Å². The monoisotopic (exact) mass is 292 g/mol. The molecule has 1 aromatic heterocycles. The van der Waals surface area contributed by atoms with Gasteiger partial charge in [0.15, 0.2) is 5.82 Å². The zero-order valence-corrected chi connectivity index (χ0v) is 11.1. The van der Waals surface area contributed by atoms with Crippen molar-refractivity contribution in [1.29, 1.82) is 0 Å². The van der Waals surface area contributed by atoms with Crippen LogP contribution in [0.1, 0.15) is 30.0 Å². The number of hydrogen-bond acceptors (Lipinski definition) is 3. The Bertz CT molecular complexity index is 572. The molecule has 4 nitrogen and oxygen atoms in total. The third kappa shape index (κ3) is 1.84. The lowest BCUT2D eigenvalue weighted by Gasteiger charge is -2.07. The Morgan fingerprint density at radius 1 is 1.41 bits per heavy atom. The molecule has 2 N–H and O–H groups in total. The number of benzene rings is 1. The first kappa shape index (κ1) is 10.8. The first-order valence-corrected chi connectivity index (χ1v) is 6.43. The van der Waals surface area contributed by atoms with Crippen molar-refractivity contribution < 1.29 is 0 Å². The van der Waals surface area contributed by atoms with Gasteiger partial charge in [-0.3, -0.25) is 0 Å². The molecule has 0 saturated heterocycles. The van der Waals surface area contributed by atoms with Crippen LogP contribution in [0.4, 0.5) is 5.82 Å². The molecule has 0 aliphatic heterocycles. The minimum atomic E-state index is 0.536. The van der Waals surface area contributed by atoms with Crippen LogP contribution in [-0.4, -0.2) is 15.0 Å². The quantitative estimate of drug-likeness (QED) is 0.926. The summed E-state index contributed by atoms with van der Waals surface area (Å²) in [5.41, 5.74) is 9.15. The van der Waals surface area contributed by atoms with Crippen LogP contribution >= 0.6 is 15.9 Å². The summed E-state index contributed by atoms with van der Waals surface area (Å²) in [4.78, 5) is 0. The summed E-state index contributed by atoms with van der Waals surface area (Å²) in [6.07, 6.45) is 2.38. The Labute approximate surface area is 108 Å². The van der Waals surface area contributed by atoms with E-state index in [1.165, 1.54) is 18.4 Å². The predicted octanol–water partition coefficient (Wildman–Crippen LogP) is 2.80. The van der Waals surface area contributed by atoms with Gasteiger partial charge in [0, 0.05) is 10.4 Å². The van der Waals surface area contributed by atoms with Gasteiger partial charge >= 0.3 is 0 Å². The smallest absolute Gasteiger partial charge is 0.169 e. The second-order valence-corrected chi connectivity index (χ2v) is 5.33. The van der Waals surface area contributed by atoms with E-state index in [1.54, 1.807) is 0 Å². The lowest BCUT2D eigenvalue weighted by atomic mass is 10.2. The number of nitrogen functional groups attached to an aromatic ring is 1. The molecule has 1 aliphatic rings. The molecule has 2 aromatic rings. The summed E-state index contributed by atoms with van der Waals surface area (Å²) in [6, 6.07) is 6.14. The first-order valence-electron chi connectivity index (χ1n) is 5.64. The van der Waals surface area contributed by atoms with Crippen molar-refractivity contribution in [3.8, 4) is 5.69 Å². The third-order valence-electron chi connectivity index (χ3n) is 3.08. The average molecular weight is 293 g/mol. The molecule has 5 heteroatoms. The molecule has 1 fully saturated rings. The largest absolute Gasteiger partial charge is 0.381 e. The number of hydrogen-bond donors (Lipinski definition) is 1. The Balaban J connectivity index is 2.11. The summed E-state index contributed by atoms with van der Waals surface area (Å²) < 4.78 is 2.97. The van der Waals surface area contributed by atoms with Crippen LogP contribution in [0, 0.1) is 6.92 Å². The molecule has 1 aliphatic carbocycles. The molecule has 1 heterocycles. The van der Waals surface area contributed by atoms with Gasteiger partial charge in [0.25, 0.3) is 0 Å². The summed E-state index contributed by atoms with van der Waals surface area (Å²) in [6.45, 7) is 2.06. The van der Waals surface area contributed by atoms with Crippen molar-refractivity contribution in [2.45, 2.75) is 25.7 Å². The molecule has 0 bridgehead atoms. The van der Waals surface area contributed by atoms with Gasteiger partial charge in [0.2, 0.25) is 0 Å². The fourth-order valence-electron chi connectivity index (χ4n) is 1.99. The highest BCUT2D eigenvalue weighted by molar-refractivity contribution is 9.10. The number of aromatic nitrogens is 3. The van der Waals surface area contributed by atoms with Gasteiger partial charge in [-0.25, -0.2) is 4.68 Å². The minimum Gasteiger partial charge on any atom is -0.381 e. The lowest BCUT2D eigenvalue weighted by molar-refractivity contribution is 0.763. The minimum absolute atomic E-state index is 0.536. The van der Waals surface area contributed by atoms with Gasteiger partial charge in [-0.15, -0.1) is 5.10 Å². The summed E-state index contributed by atoms with van der Waals surface area (Å²) in [7, 11) is 0. The third-order valence-corrected chi connectivity index (χ3v) is 3.97. The second kappa shape index (κ2) is 3.84. The number of nitrogens with two attached hydrogens (primary N) is 1. The van der Waals surface area contributed by atoms with E-state index in [1.807, 2.05) is 16.8 Å². The van der Waals surface area contributed by atoms with Crippen molar-refractivity contribution in [1.82, 2.24) is 15.0 Å². The number of anilines is 1. The van der Waals surface area contributed by atoms with Gasteiger partial charge in [0.1, 0.15) is 0 Å².